The number of benzene rings is 1. The first-order valence-corrected chi connectivity index (χ1v) is 6.70. The van der Waals surface area contributed by atoms with E-state index in [0.29, 0.717) is 17.9 Å². The molecule has 110 valence electrons. The van der Waals surface area contributed by atoms with Crippen LogP contribution in [-0.4, -0.2) is 26.8 Å². The summed E-state index contributed by atoms with van der Waals surface area (Å²) in [6.07, 6.45) is 2.59. The number of rotatable bonds is 5. The van der Waals surface area contributed by atoms with Crippen molar-refractivity contribution < 1.29 is 14.7 Å². The van der Waals surface area contributed by atoms with Crippen LogP contribution >= 0.6 is 0 Å². The highest BCUT2D eigenvalue weighted by molar-refractivity contribution is 6.05. The molecule has 0 spiro atoms. The van der Waals surface area contributed by atoms with Crippen molar-refractivity contribution in [3.63, 3.8) is 0 Å². The number of aromatic carboxylic acids is 1. The van der Waals surface area contributed by atoms with Crippen LogP contribution in [0.2, 0.25) is 0 Å². The van der Waals surface area contributed by atoms with Gasteiger partial charge < -0.3 is 10.4 Å². The largest absolute Gasteiger partial charge is 0.478 e. The Hall–Kier alpha value is -2.63. The number of aromatic nitrogens is 2. The van der Waals surface area contributed by atoms with Gasteiger partial charge in [0.05, 0.1) is 11.8 Å². The number of hydrogen-bond acceptors (Lipinski definition) is 3. The van der Waals surface area contributed by atoms with Crippen LogP contribution in [0, 0.1) is 6.92 Å². The number of carboxylic acid groups (broad SMARTS) is 1. The van der Waals surface area contributed by atoms with E-state index < -0.39 is 5.97 Å². The molecule has 2 N–H and O–H groups in total. The van der Waals surface area contributed by atoms with Crippen molar-refractivity contribution in [2.24, 2.45) is 0 Å². The Labute approximate surface area is 122 Å². The fourth-order valence-electron chi connectivity index (χ4n) is 2.00. The molecule has 0 bridgehead atoms. The zero-order chi connectivity index (χ0) is 15.4. The summed E-state index contributed by atoms with van der Waals surface area (Å²) in [4.78, 5) is 23.2. The molecule has 0 saturated heterocycles. The lowest BCUT2D eigenvalue weighted by Gasteiger charge is -2.09. The molecule has 2 aromatic rings. The first-order valence-electron chi connectivity index (χ1n) is 6.70. The summed E-state index contributed by atoms with van der Waals surface area (Å²) in [5.41, 5.74) is 1.26. The predicted octanol–water partition coefficient (Wildman–Crippen LogP) is 2.55. The van der Waals surface area contributed by atoms with Crippen molar-refractivity contribution in [3.05, 3.63) is 47.2 Å². The summed E-state index contributed by atoms with van der Waals surface area (Å²) in [6, 6.07) is 5.94. The van der Waals surface area contributed by atoms with E-state index in [1.165, 1.54) is 12.1 Å². The second-order valence-corrected chi connectivity index (χ2v) is 4.74. The topological polar surface area (TPSA) is 84.2 Å². The van der Waals surface area contributed by atoms with Gasteiger partial charge in [0.2, 0.25) is 0 Å². The second-order valence-electron chi connectivity index (χ2n) is 4.74. The van der Waals surface area contributed by atoms with E-state index in [9.17, 15) is 9.59 Å². The molecule has 0 fully saturated rings. The minimum atomic E-state index is -1.06. The van der Waals surface area contributed by atoms with Gasteiger partial charge in [0, 0.05) is 17.7 Å². The molecule has 0 aliphatic rings. The van der Waals surface area contributed by atoms with Gasteiger partial charge in [-0.25, -0.2) is 9.48 Å². The average molecular weight is 287 g/mol. The first kappa shape index (κ1) is 14.8. The molecule has 2 rings (SSSR count). The summed E-state index contributed by atoms with van der Waals surface area (Å²) >= 11 is 0. The molecular weight excluding hydrogens is 270 g/mol. The molecule has 0 atom stereocenters. The fourth-order valence-corrected chi connectivity index (χ4v) is 2.00. The molecule has 6 heteroatoms. The van der Waals surface area contributed by atoms with Crippen LogP contribution in [-0.2, 0) is 6.54 Å². The van der Waals surface area contributed by atoms with E-state index in [2.05, 4.69) is 10.4 Å². The molecule has 1 heterocycles. The van der Waals surface area contributed by atoms with Gasteiger partial charge in [0.15, 0.2) is 0 Å². The third-order valence-electron chi connectivity index (χ3n) is 3.06. The van der Waals surface area contributed by atoms with Crippen LogP contribution in [0.5, 0.6) is 0 Å². The third kappa shape index (κ3) is 3.28. The van der Waals surface area contributed by atoms with Crippen LogP contribution in [0.25, 0.3) is 0 Å². The van der Waals surface area contributed by atoms with Crippen molar-refractivity contribution in [2.45, 2.75) is 26.8 Å². The van der Waals surface area contributed by atoms with Crippen molar-refractivity contribution in [3.8, 4) is 0 Å². The van der Waals surface area contributed by atoms with Crippen molar-refractivity contribution >= 4 is 17.7 Å². The third-order valence-corrected chi connectivity index (χ3v) is 3.06. The second kappa shape index (κ2) is 6.21. The summed E-state index contributed by atoms with van der Waals surface area (Å²) in [7, 11) is 0. The zero-order valence-corrected chi connectivity index (χ0v) is 12.0. The Kier molecular flexibility index (Phi) is 4.37. The van der Waals surface area contributed by atoms with Crippen LogP contribution < -0.4 is 5.32 Å². The maximum Gasteiger partial charge on any atom is 0.335 e. The van der Waals surface area contributed by atoms with Crippen LogP contribution in [0.1, 0.15) is 39.6 Å². The lowest BCUT2D eigenvalue weighted by atomic mass is 10.1. The maximum absolute atomic E-state index is 12.3. The molecule has 21 heavy (non-hydrogen) atoms. The number of carbonyl (C=O) groups excluding carboxylic acids is 1. The van der Waals surface area contributed by atoms with Crippen LogP contribution in [0.4, 0.5) is 5.82 Å². The number of carbonyl (C=O) groups is 2. The van der Waals surface area contributed by atoms with Gasteiger partial charge in [-0.1, -0.05) is 13.0 Å². The number of nitrogens with zero attached hydrogens (tertiary/aromatic N) is 2. The summed E-state index contributed by atoms with van der Waals surface area (Å²) in [5, 5.41) is 16.0. The minimum absolute atomic E-state index is 0.0847. The highest BCUT2D eigenvalue weighted by Crippen LogP contribution is 2.16. The Bertz CT molecular complexity index is 677. The van der Waals surface area contributed by atoms with Crippen molar-refractivity contribution in [1.82, 2.24) is 9.78 Å². The smallest absolute Gasteiger partial charge is 0.335 e. The SMILES string of the molecule is CCCn1ncc(C)c1NC(=O)c1cccc(C(=O)O)c1. The molecule has 0 unspecified atom stereocenters. The van der Waals surface area contributed by atoms with Gasteiger partial charge in [0.25, 0.3) is 5.91 Å². The number of amides is 1. The average Bonchev–Trinajstić information content (AvgIpc) is 2.81. The van der Waals surface area contributed by atoms with Gasteiger partial charge in [-0.3, -0.25) is 4.79 Å². The van der Waals surface area contributed by atoms with Crippen molar-refractivity contribution in [2.75, 3.05) is 5.32 Å². The molecule has 0 radical (unpaired) electrons. The predicted molar refractivity (Wildman–Crippen MR) is 78.6 cm³/mol. The molecule has 0 aliphatic carbocycles. The van der Waals surface area contributed by atoms with E-state index in [4.69, 9.17) is 5.11 Å². The van der Waals surface area contributed by atoms with Gasteiger partial charge in [-0.05, 0) is 31.5 Å². The zero-order valence-electron chi connectivity index (χ0n) is 12.0. The van der Waals surface area contributed by atoms with E-state index in [0.717, 1.165) is 12.0 Å². The Morgan fingerprint density at radius 3 is 2.71 bits per heavy atom. The first-order chi connectivity index (χ1) is 10.0. The Morgan fingerprint density at radius 2 is 2.05 bits per heavy atom. The number of hydrogen-bond donors (Lipinski definition) is 2. The van der Waals surface area contributed by atoms with Gasteiger partial charge in [-0.2, -0.15) is 5.10 Å². The van der Waals surface area contributed by atoms with Crippen LogP contribution in [0.15, 0.2) is 30.5 Å². The van der Waals surface area contributed by atoms with Crippen LogP contribution in [0.3, 0.4) is 0 Å². The Balaban J connectivity index is 2.24. The van der Waals surface area contributed by atoms with E-state index in [1.807, 2.05) is 13.8 Å². The van der Waals surface area contributed by atoms with E-state index in [-0.39, 0.29) is 11.5 Å². The molecule has 1 amide bonds. The Morgan fingerprint density at radius 1 is 1.33 bits per heavy atom. The number of anilines is 1. The van der Waals surface area contributed by atoms with Crippen molar-refractivity contribution in [1.29, 1.82) is 0 Å². The normalized spacial score (nSPS) is 10.4. The van der Waals surface area contributed by atoms with E-state index in [1.54, 1.807) is 23.0 Å². The standard InChI is InChI=1S/C15H17N3O3/c1-3-7-18-13(10(2)9-16-18)17-14(19)11-5-4-6-12(8-11)15(20)21/h4-6,8-9H,3,7H2,1-2H3,(H,17,19)(H,20,21). The number of nitrogens with one attached hydrogen (secondary N) is 1. The molecule has 0 saturated carbocycles. The number of aryl methyl sites for hydroxylation is 2. The number of carboxylic acids is 1. The molecule has 1 aromatic heterocycles. The molecule has 6 nitrogen and oxygen atoms in total. The quantitative estimate of drug-likeness (QED) is 0.885. The fraction of sp³-hybridized carbons (Fsp3) is 0.267. The summed E-state index contributed by atoms with van der Waals surface area (Å²) in [5.74, 6) is -0.765. The van der Waals surface area contributed by atoms with Gasteiger partial charge in [-0.15, -0.1) is 0 Å². The summed E-state index contributed by atoms with van der Waals surface area (Å²) in [6.45, 7) is 4.60. The lowest BCUT2D eigenvalue weighted by Crippen LogP contribution is -2.17. The highest BCUT2D eigenvalue weighted by Gasteiger charge is 2.13. The van der Waals surface area contributed by atoms with E-state index >= 15 is 0 Å². The minimum Gasteiger partial charge on any atom is -0.478 e. The lowest BCUT2D eigenvalue weighted by molar-refractivity contribution is 0.0697. The highest BCUT2D eigenvalue weighted by atomic mass is 16.4. The molecule has 0 aliphatic heterocycles. The molecular formula is C15H17N3O3. The van der Waals surface area contributed by atoms with Gasteiger partial charge in [0.1, 0.15) is 5.82 Å². The summed E-state index contributed by atoms with van der Waals surface area (Å²) < 4.78 is 1.73. The molecule has 1 aromatic carbocycles. The maximum atomic E-state index is 12.3. The monoisotopic (exact) mass is 287 g/mol. The van der Waals surface area contributed by atoms with Gasteiger partial charge >= 0.3 is 5.97 Å².